The van der Waals surface area contributed by atoms with E-state index in [1.165, 1.54) is 16.8 Å². The number of aromatic nitrogens is 2. The Hall–Kier alpha value is -2.77. The first-order valence-electron chi connectivity index (χ1n) is 7.80. The van der Waals surface area contributed by atoms with Crippen LogP contribution in [-0.2, 0) is 4.79 Å². The summed E-state index contributed by atoms with van der Waals surface area (Å²) in [4.78, 5) is 24.9. The molecule has 0 radical (unpaired) electrons. The summed E-state index contributed by atoms with van der Waals surface area (Å²) in [6, 6.07) is 15.6. The average Bonchev–Trinajstić information content (AvgIpc) is 3.15. The zero-order chi connectivity index (χ0) is 18.4. The molecule has 0 saturated heterocycles. The minimum absolute atomic E-state index is 0.0553. The van der Waals surface area contributed by atoms with Crippen molar-refractivity contribution in [3.63, 3.8) is 0 Å². The molecule has 0 bridgehead atoms. The van der Waals surface area contributed by atoms with Crippen molar-refractivity contribution in [3.05, 3.63) is 76.3 Å². The monoisotopic (exact) mass is 386 g/mol. The van der Waals surface area contributed by atoms with E-state index < -0.39 is 6.04 Å². The standard InChI is InChI=1S/C18H15ClN4O2S/c19-14-9-5-4-8-13(14)17(25)21-15(12-6-2-1-3-7-12)10-16(24)22-18-23-20-11-26-18/h1-9,11,15H,10H2,(H,21,25)(H,22,23,24). The second-order valence-corrected chi connectivity index (χ2v) is 6.65. The van der Waals surface area contributed by atoms with E-state index in [-0.39, 0.29) is 18.2 Å². The molecule has 1 unspecified atom stereocenters. The minimum Gasteiger partial charge on any atom is -0.345 e. The van der Waals surface area contributed by atoms with Gasteiger partial charge in [-0.1, -0.05) is 65.4 Å². The first-order valence-corrected chi connectivity index (χ1v) is 9.05. The summed E-state index contributed by atoms with van der Waals surface area (Å²) < 4.78 is 0. The fourth-order valence-corrected chi connectivity index (χ4v) is 3.08. The van der Waals surface area contributed by atoms with Crippen LogP contribution in [0.25, 0.3) is 0 Å². The van der Waals surface area contributed by atoms with E-state index >= 15 is 0 Å². The summed E-state index contributed by atoms with van der Waals surface area (Å²) in [5.41, 5.74) is 2.71. The van der Waals surface area contributed by atoms with Crippen LogP contribution in [0.15, 0.2) is 60.1 Å². The van der Waals surface area contributed by atoms with Crippen molar-refractivity contribution in [1.82, 2.24) is 15.5 Å². The van der Waals surface area contributed by atoms with Gasteiger partial charge in [0.1, 0.15) is 5.51 Å². The summed E-state index contributed by atoms with van der Waals surface area (Å²) >= 11 is 7.32. The van der Waals surface area contributed by atoms with Crippen molar-refractivity contribution < 1.29 is 9.59 Å². The van der Waals surface area contributed by atoms with Crippen molar-refractivity contribution >= 4 is 39.9 Å². The van der Waals surface area contributed by atoms with Gasteiger partial charge in [-0.3, -0.25) is 9.59 Å². The van der Waals surface area contributed by atoms with Crippen LogP contribution in [0.4, 0.5) is 5.13 Å². The van der Waals surface area contributed by atoms with Gasteiger partial charge in [0.05, 0.1) is 23.0 Å². The number of carbonyl (C=O) groups is 2. The highest BCUT2D eigenvalue weighted by molar-refractivity contribution is 7.13. The van der Waals surface area contributed by atoms with Crippen LogP contribution >= 0.6 is 22.9 Å². The molecule has 0 aliphatic heterocycles. The molecule has 0 fully saturated rings. The number of nitrogens with one attached hydrogen (secondary N) is 2. The van der Waals surface area contributed by atoms with Gasteiger partial charge in [-0.25, -0.2) is 0 Å². The average molecular weight is 387 g/mol. The third-order valence-corrected chi connectivity index (χ3v) is 4.56. The largest absolute Gasteiger partial charge is 0.345 e. The Balaban J connectivity index is 1.76. The maximum absolute atomic E-state index is 12.6. The number of rotatable bonds is 6. The lowest BCUT2D eigenvalue weighted by molar-refractivity contribution is -0.116. The Labute approximate surface area is 159 Å². The normalized spacial score (nSPS) is 11.6. The number of benzene rings is 2. The molecule has 0 aliphatic carbocycles. The van der Waals surface area contributed by atoms with E-state index in [0.717, 1.165) is 5.56 Å². The molecule has 8 heteroatoms. The van der Waals surface area contributed by atoms with E-state index in [1.54, 1.807) is 24.3 Å². The quantitative estimate of drug-likeness (QED) is 0.676. The maximum atomic E-state index is 12.6. The summed E-state index contributed by atoms with van der Waals surface area (Å²) in [7, 11) is 0. The van der Waals surface area contributed by atoms with Gasteiger partial charge in [0.2, 0.25) is 11.0 Å². The SMILES string of the molecule is O=C(CC(NC(=O)c1ccccc1Cl)c1ccccc1)Nc1nncs1. The summed E-state index contributed by atoms with van der Waals surface area (Å²) in [6.07, 6.45) is 0.0553. The first kappa shape index (κ1) is 18.0. The molecule has 1 heterocycles. The Kier molecular flexibility index (Phi) is 5.93. The molecule has 6 nitrogen and oxygen atoms in total. The summed E-state index contributed by atoms with van der Waals surface area (Å²) in [6.45, 7) is 0. The fraction of sp³-hybridized carbons (Fsp3) is 0.111. The fourth-order valence-electron chi connectivity index (χ4n) is 2.40. The highest BCUT2D eigenvalue weighted by Gasteiger charge is 2.20. The number of hydrogen-bond donors (Lipinski definition) is 2. The predicted molar refractivity (Wildman–Crippen MR) is 101 cm³/mol. The van der Waals surface area contributed by atoms with Crippen molar-refractivity contribution in [3.8, 4) is 0 Å². The topological polar surface area (TPSA) is 84.0 Å². The molecular weight excluding hydrogens is 372 g/mol. The number of carbonyl (C=O) groups excluding carboxylic acids is 2. The van der Waals surface area contributed by atoms with Gasteiger partial charge >= 0.3 is 0 Å². The van der Waals surface area contributed by atoms with Crippen molar-refractivity contribution in [1.29, 1.82) is 0 Å². The molecule has 26 heavy (non-hydrogen) atoms. The number of anilines is 1. The van der Waals surface area contributed by atoms with E-state index in [9.17, 15) is 9.59 Å². The van der Waals surface area contributed by atoms with Crippen LogP contribution < -0.4 is 10.6 Å². The third kappa shape index (κ3) is 4.65. The summed E-state index contributed by atoms with van der Waals surface area (Å²) in [5, 5.41) is 13.8. The zero-order valence-corrected chi connectivity index (χ0v) is 15.1. The smallest absolute Gasteiger partial charge is 0.253 e. The zero-order valence-electron chi connectivity index (χ0n) is 13.6. The lowest BCUT2D eigenvalue weighted by Gasteiger charge is -2.19. The van der Waals surface area contributed by atoms with Crippen molar-refractivity contribution in [2.45, 2.75) is 12.5 Å². The molecule has 0 spiro atoms. The van der Waals surface area contributed by atoms with Gasteiger partial charge in [-0.05, 0) is 17.7 Å². The van der Waals surface area contributed by atoms with Gasteiger partial charge < -0.3 is 10.6 Å². The van der Waals surface area contributed by atoms with Crippen LogP contribution in [0.1, 0.15) is 28.4 Å². The maximum Gasteiger partial charge on any atom is 0.253 e. The predicted octanol–water partition coefficient (Wildman–Crippen LogP) is 3.69. The molecule has 0 saturated carbocycles. The molecule has 3 rings (SSSR count). The molecule has 2 amide bonds. The molecule has 2 N–H and O–H groups in total. The number of halogens is 1. The highest BCUT2D eigenvalue weighted by Crippen LogP contribution is 2.21. The molecule has 3 aromatic rings. The lowest BCUT2D eigenvalue weighted by Crippen LogP contribution is -2.31. The Morgan fingerprint density at radius 2 is 1.81 bits per heavy atom. The van der Waals surface area contributed by atoms with E-state index in [1.807, 2.05) is 30.3 Å². The molecule has 0 aliphatic rings. The second-order valence-electron chi connectivity index (χ2n) is 5.41. The van der Waals surface area contributed by atoms with Crippen molar-refractivity contribution in [2.24, 2.45) is 0 Å². The second kappa shape index (κ2) is 8.55. The number of hydrogen-bond acceptors (Lipinski definition) is 5. The van der Waals surface area contributed by atoms with Gasteiger partial charge in [-0.15, -0.1) is 10.2 Å². The van der Waals surface area contributed by atoms with Gasteiger partial charge in [0.15, 0.2) is 0 Å². The first-order chi connectivity index (χ1) is 12.6. The van der Waals surface area contributed by atoms with E-state index in [2.05, 4.69) is 20.8 Å². The van der Waals surface area contributed by atoms with Crippen LogP contribution in [0.3, 0.4) is 0 Å². The molecule has 132 valence electrons. The Morgan fingerprint density at radius 1 is 1.08 bits per heavy atom. The van der Waals surface area contributed by atoms with E-state index in [4.69, 9.17) is 11.6 Å². The molecule has 1 aromatic heterocycles. The van der Waals surface area contributed by atoms with Crippen molar-refractivity contribution in [2.75, 3.05) is 5.32 Å². The van der Waals surface area contributed by atoms with Gasteiger partial charge in [0, 0.05) is 0 Å². The van der Waals surface area contributed by atoms with Gasteiger partial charge in [-0.2, -0.15) is 0 Å². The summed E-state index contributed by atoms with van der Waals surface area (Å²) in [5.74, 6) is -0.608. The van der Waals surface area contributed by atoms with E-state index in [0.29, 0.717) is 15.7 Å². The Morgan fingerprint density at radius 3 is 2.50 bits per heavy atom. The third-order valence-electron chi connectivity index (χ3n) is 3.62. The number of nitrogens with zero attached hydrogens (tertiary/aromatic N) is 2. The van der Waals surface area contributed by atoms with Gasteiger partial charge in [0.25, 0.3) is 5.91 Å². The van der Waals surface area contributed by atoms with Crippen LogP contribution in [0, 0.1) is 0 Å². The van der Waals surface area contributed by atoms with Crippen LogP contribution in [0.5, 0.6) is 0 Å². The molecule has 1 atom stereocenters. The number of amides is 2. The van der Waals surface area contributed by atoms with Crippen LogP contribution in [0.2, 0.25) is 5.02 Å². The van der Waals surface area contributed by atoms with Crippen LogP contribution in [-0.4, -0.2) is 22.0 Å². The minimum atomic E-state index is -0.507. The lowest BCUT2D eigenvalue weighted by atomic mass is 10.0. The Bertz CT molecular complexity index is 887. The highest BCUT2D eigenvalue weighted by atomic mass is 35.5. The molecular formula is C18H15ClN4O2S. The molecule has 2 aromatic carbocycles.